The van der Waals surface area contributed by atoms with Gasteiger partial charge in [-0.1, -0.05) is 26.0 Å². The molecule has 1 N–H and O–H groups in total. The number of likely N-dealkylation sites (tertiary alicyclic amines) is 1. The highest BCUT2D eigenvalue weighted by atomic mass is 35.5. The van der Waals surface area contributed by atoms with E-state index in [1.54, 1.807) is 0 Å². The van der Waals surface area contributed by atoms with Crippen LogP contribution in [-0.2, 0) is 5.88 Å². The Morgan fingerprint density at radius 2 is 2.05 bits per heavy atom. The fourth-order valence-corrected chi connectivity index (χ4v) is 3.12. The minimum atomic E-state index is -0.00758. The molecule has 0 spiro atoms. The fraction of sp³-hybridized carbons (Fsp3) is 0.588. The van der Waals surface area contributed by atoms with Crippen molar-refractivity contribution in [2.24, 2.45) is 5.92 Å². The van der Waals surface area contributed by atoms with Crippen LogP contribution in [-0.4, -0.2) is 36.5 Å². The Labute approximate surface area is 132 Å². The Bertz CT molecular complexity index is 470. The SMILES string of the molecule is CC(C)C(CNC(=O)c1cccc(CCl)c1)N1CCCC1. The highest BCUT2D eigenvalue weighted by Gasteiger charge is 2.24. The van der Waals surface area contributed by atoms with Crippen molar-refractivity contribution in [2.45, 2.75) is 38.6 Å². The normalized spacial score (nSPS) is 17.1. The fourth-order valence-electron chi connectivity index (χ4n) is 2.95. The zero-order valence-corrected chi connectivity index (χ0v) is 13.7. The van der Waals surface area contributed by atoms with Crippen molar-refractivity contribution in [1.82, 2.24) is 10.2 Å². The van der Waals surface area contributed by atoms with Gasteiger partial charge in [0.1, 0.15) is 0 Å². The third-order valence-electron chi connectivity index (χ3n) is 4.19. The molecule has 1 unspecified atom stereocenters. The lowest BCUT2D eigenvalue weighted by atomic mass is 10.0. The maximum absolute atomic E-state index is 12.3. The summed E-state index contributed by atoms with van der Waals surface area (Å²) in [4.78, 5) is 14.8. The summed E-state index contributed by atoms with van der Waals surface area (Å²) in [5, 5.41) is 3.08. The number of carbonyl (C=O) groups excluding carboxylic acids is 1. The first-order valence-corrected chi connectivity index (χ1v) is 8.32. The number of carbonyl (C=O) groups is 1. The summed E-state index contributed by atoms with van der Waals surface area (Å²) in [6, 6.07) is 7.94. The molecule has 1 aliphatic rings. The van der Waals surface area contributed by atoms with E-state index in [0.717, 1.165) is 18.7 Å². The highest BCUT2D eigenvalue weighted by Crippen LogP contribution is 2.17. The minimum absolute atomic E-state index is 0.00758. The molecule has 1 heterocycles. The molecule has 0 bridgehead atoms. The smallest absolute Gasteiger partial charge is 0.251 e. The van der Waals surface area contributed by atoms with E-state index in [4.69, 9.17) is 11.6 Å². The maximum atomic E-state index is 12.3. The van der Waals surface area contributed by atoms with Crippen LogP contribution in [0.25, 0.3) is 0 Å². The molecular weight excluding hydrogens is 284 g/mol. The van der Waals surface area contributed by atoms with Crippen LogP contribution in [0.1, 0.15) is 42.6 Å². The molecule has 3 nitrogen and oxygen atoms in total. The molecule has 0 aliphatic carbocycles. The van der Waals surface area contributed by atoms with E-state index in [-0.39, 0.29) is 5.91 Å². The first-order chi connectivity index (χ1) is 10.1. The number of hydrogen-bond acceptors (Lipinski definition) is 2. The van der Waals surface area contributed by atoms with Crippen LogP contribution in [0.5, 0.6) is 0 Å². The van der Waals surface area contributed by atoms with Crippen molar-refractivity contribution in [3.63, 3.8) is 0 Å². The van der Waals surface area contributed by atoms with E-state index < -0.39 is 0 Å². The van der Waals surface area contributed by atoms with E-state index in [0.29, 0.717) is 29.9 Å². The standard InChI is InChI=1S/C17H25ClN2O/c1-13(2)16(20-8-3-4-9-20)12-19-17(21)15-7-5-6-14(10-15)11-18/h5-7,10,13,16H,3-4,8-9,11-12H2,1-2H3,(H,19,21). The van der Waals surface area contributed by atoms with Crippen molar-refractivity contribution in [3.8, 4) is 0 Å². The summed E-state index contributed by atoms with van der Waals surface area (Å²) in [5.41, 5.74) is 1.67. The van der Waals surface area contributed by atoms with Gasteiger partial charge < -0.3 is 5.32 Å². The number of benzene rings is 1. The molecule has 1 aromatic rings. The topological polar surface area (TPSA) is 32.3 Å². The maximum Gasteiger partial charge on any atom is 0.251 e. The van der Waals surface area contributed by atoms with E-state index in [9.17, 15) is 4.79 Å². The van der Waals surface area contributed by atoms with Gasteiger partial charge in [-0.25, -0.2) is 0 Å². The predicted molar refractivity (Wildman–Crippen MR) is 87.8 cm³/mol. The number of amides is 1. The van der Waals surface area contributed by atoms with Gasteiger partial charge in [0.2, 0.25) is 0 Å². The summed E-state index contributed by atoms with van der Waals surface area (Å²) in [7, 11) is 0. The first kappa shape index (κ1) is 16.3. The Morgan fingerprint density at radius 3 is 2.67 bits per heavy atom. The molecular formula is C17H25ClN2O. The van der Waals surface area contributed by atoms with Crippen LogP contribution < -0.4 is 5.32 Å². The van der Waals surface area contributed by atoms with Crippen molar-refractivity contribution in [3.05, 3.63) is 35.4 Å². The molecule has 0 radical (unpaired) electrons. The molecule has 1 amide bonds. The summed E-state index contributed by atoms with van der Waals surface area (Å²) >= 11 is 5.82. The molecule has 1 atom stereocenters. The van der Waals surface area contributed by atoms with Crippen LogP contribution in [0.4, 0.5) is 0 Å². The lowest BCUT2D eigenvalue weighted by molar-refractivity contribution is 0.0927. The molecule has 0 aromatic heterocycles. The van der Waals surface area contributed by atoms with Gasteiger partial charge in [0, 0.05) is 24.0 Å². The molecule has 1 aromatic carbocycles. The Morgan fingerprint density at radius 1 is 1.33 bits per heavy atom. The average Bonchev–Trinajstić information content (AvgIpc) is 3.01. The highest BCUT2D eigenvalue weighted by molar-refractivity contribution is 6.17. The summed E-state index contributed by atoms with van der Waals surface area (Å²) in [5.74, 6) is 0.966. The van der Waals surface area contributed by atoms with E-state index in [1.807, 2.05) is 24.3 Å². The van der Waals surface area contributed by atoms with Crippen LogP contribution in [0, 0.1) is 5.92 Å². The zero-order chi connectivity index (χ0) is 15.2. The van der Waals surface area contributed by atoms with E-state index in [2.05, 4.69) is 24.1 Å². The van der Waals surface area contributed by atoms with Gasteiger partial charge in [0.15, 0.2) is 0 Å². The molecule has 1 aliphatic heterocycles. The van der Waals surface area contributed by atoms with Crippen LogP contribution >= 0.6 is 11.6 Å². The second-order valence-electron chi connectivity index (χ2n) is 6.10. The third-order valence-corrected chi connectivity index (χ3v) is 4.50. The minimum Gasteiger partial charge on any atom is -0.350 e. The van der Waals surface area contributed by atoms with Gasteiger partial charge >= 0.3 is 0 Å². The van der Waals surface area contributed by atoms with Gasteiger partial charge in [-0.05, 0) is 49.5 Å². The molecule has 21 heavy (non-hydrogen) atoms. The molecule has 2 rings (SSSR count). The van der Waals surface area contributed by atoms with E-state index >= 15 is 0 Å². The number of nitrogens with one attached hydrogen (secondary N) is 1. The molecule has 116 valence electrons. The molecule has 1 fully saturated rings. The average molecular weight is 309 g/mol. The summed E-state index contributed by atoms with van der Waals surface area (Å²) in [6.45, 7) is 7.47. The second-order valence-corrected chi connectivity index (χ2v) is 6.37. The van der Waals surface area contributed by atoms with E-state index in [1.165, 1.54) is 12.8 Å². The largest absolute Gasteiger partial charge is 0.350 e. The number of nitrogens with zero attached hydrogens (tertiary/aromatic N) is 1. The van der Waals surface area contributed by atoms with Gasteiger partial charge in [-0.3, -0.25) is 9.69 Å². The Balaban J connectivity index is 1.94. The number of rotatable bonds is 6. The van der Waals surface area contributed by atoms with Gasteiger partial charge in [0.25, 0.3) is 5.91 Å². The Hall–Kier alpha value is -1.06. The molecule has 4 heteroatoms. The third kappa shape index (κ3) is 4.45. The first-order valence-electron chi connectivity index (χ1n) is 7.79. The Kier molecular flexibility index (Phi) is 6.07. The molecule has 1 saturated heterocycles. The lowest BCUT2D eigenvalue weighted by Gasteiger charge is -2.31. The number of halogens is 1. The van der Waals surface area contributed by atoms with Crippen molar-refractivity contribution in [1.29, 1.82) is 0 Å². The number of hydrogen-bond donors (Lipinski definition) is 1. The lowest BCUT2D eigenvalue weighted by Crippen LogP contribution is -2.45. The van der Waals surface area contributed by atoms with Crippen LogP contribution in [0.2, 0.25) is 0 Å². The predicted octanol–water partition coefficient (Wildman–Crippen LogP) is 3.28. The van der Waals surface area contributed by atoms with Gasteiger partial charge in [0.05, 0.1) is 0 Å². The second kappa shape index (κ2) is 7.81. The van der Waals surface area contributed by atoms with Crippen molar-refractivity contribution in [2.75, 3.05) is 19.6 Å². The zero-order valence-electron chi connectivity index (χ0n) is 12.9. The monoisotopic (exact) mass is 308 g/mol. The van der Waals surface area contributed by atoms with Gasteiger partial charge in [-0.15, -0.1) is 11.6 Å². The quantitative estimate of drug-likeness (QED) is 0.818. The number of alkyl halides is 1. The van der Waals surface area contributed by atoms with Crippen molar-refractivity contribution < 1.29 is 4.79 Å². The molecule has 0 saturated carbocycles. The van der Waals surface area contributed by atoms with Crippen LogP contribution in [0.3, 0.4) is 0 Å². The summed E-state index contributed by atoms with van der Waals surface area (Å²) < 4.78 is 0. The van der Waals surface area contributed by atoms with Crippen molar-refractivity contribution >= 4 is 17.5 Å². The summed E-state index contributed by atoms with van der Waals surface area (Å²) in [6.07, 6.45) is 2.55. The van der Waals surface area contributed by atoms with Crippen LogP contribution in [0.15, 0.2) is 24.3 Å². The van der Waals surface area contributed by atoms with Gasteiger partial charge in [-0.2, -0.15) is 0 Å².